The van der Waals surface area contributed by atoms with E-state index in [1.54, 1.807) is 44.9 Å². The van der Waals surface area contributed by atoms with Crippen LogP contribution in [0.1, 0.15) is 19.4 Å². The van der Waals surface area contributed by atoms with Gasteiger partial charge in [0.05, 0.1) is 0 Å². The molecule has 1 aromatic rings. The van der Waals surface area contributed by atoms with Crippen molar-refractivity contribution < 1.29 is 9.18 Å². The Morgan fingerprint density at radius 1 is 1.33 bits per heavy atom. The highest BCUT2D eigenvalue weighted by atomic mass is 32.1. The summed E-state index contributed by atoms with van der Waals surface area (Å²) in [6.45, 7) is 5.26. The van der Waals surface area contributed by atoms with E-state index in [0.29, 0.717) is 16.4 Å². The number of carbonyl (C=O) groups excluding carboxylic acids is 1. The molecule has 0 aliphatic carbocycles. The standard InChI is InChI=1S/C13H15FN2OS/c1-8-5-6-9(7-10(8)14)16-12(18)15(4)11(17)13(16,2)3/h5-7H,1-4H3. The molecule has 1 saturated heterocycles. The minimum Gasteiger partial charge on any atom is -0.304 e. The van der Waals surface area contributed by atoms with Gasteiger partial charge >= 0.3 is 0 Å². The number of rotatable bonds is 1. The minimum atomic E-state index is -0.784. The normalized spacial score (nSPS) is 18.7. The average molecular weight is 266 g/mol. The van der Waals surface area contributed by atoms with Gasteiger partial charge in [-0.15, -0.1) is 0 Å². The van der Waals surface area contributed by atoms with Crippen LogP contribution < -0.4 is 4.90 Å². The van der Waals surface area contributed by atoms with Gasteiger partial charge in [0, 0.05) is 12.7 Å². The first-order valence-corrected chi connectivity index (χ1v) is 6.06. The van der Waals surface area contributed by atoms with Crippen LogP contribution in [-0.4, -0.2) is 28.5 Å². The Bertz CT molecular complexity index is 542. The van der Waals surface area contributed by atoms with Gasteiger partial charge < -0.3 is 4.90 Å². The first-order valence-electron chi connectivity index (χ1n) is 5.65. The molecule has 3 nitrogen and oxygen atoms in total. The average Bonchev–Trinajstić information content (AvgIpc) is 2.44. The predicted octanol–water partition coefficient (Wildman–Crippen LogP) is 2.48. The largest absolute Gasteiger partial charge is 0.304 e. The van der Waals surface area contributed by atoms with Gasteiger partial charge in [0.2, 0.25) is 0 Å². The second-order valence-electron chi connectivity index (χ2n) is 4.97. The molecule has 5 heteroatoms. The van der Waals surface area contributed by atoms with E-state index in [9.17, 15) is 9.18 Å². The fourth-order valence-corrected chi connectivity index (χ4v) is 2.55. The SMILES string of the molecule is Cc1ccc(N2C(=S)N(C)C(=O)C2(C)C)cc1F. The van der Waals surface area contributed by atoms with E-state index in [4.69, 9.17) is 12.2 Å². The van der Waals surface area contributed by atoms with Crippen molar-refractivity contribution in [1.29, 1.82) is 0 Å². The molecule has 0 spiro atoms. The summed E-state index contributed by atoms with van der Waals surface area (Å²) in [7, 11) is 1.64. The summed E-state index contributed by atoms with van der Waals surface area (Å²) < 4.78 is 13.6. The predicted molar refractivity (Wildman–Crippen MR) is 73.1 cm³/mol. The molecule has 0 aromatic heterocycles. The molecule has 2 rings (SSSR count). The van der Waals surface area contributed by atoms with Crippen LogP contribution in [0.3, 0.4) is 0 Å². The molecule has 96 valence electrons. The fraction of sp³-hybridized carbons (Fsp3) is 0.385. The van der Waals surface area contributed by atoms with Crippen LogP contribution in [0.4, 0.5) is 10.1 Å². The third-order valence-electron chi connectivity index (χ3n) is 3.28. The number of aryl methyl sites for hydroxylation is 1. The molecule has 1 heterocycles. The van der Waals surface area contributed by atoms with Crippen LogP contribution in [0.15, 0.2) is 18.2 Å². The molecule has 0 unspecified atom stereocenters. The summed E-state index contributed by atoms with van der Waals surface area (Å²) in [5.41, 5.74) is 0.389. The topological polar surface area (TPSA) is 23.6 Å². The van der Waals surface area contributed by atoms with Gasteiger partial charge in [-0.2, -0.15) is 0 Å². The zero-order chi connectivity index (χ0) is 13.7. The Hall–Kier alpha value is -1.49. The lowest BCUT2D eigenvalue weighted by Gasteiger charge is -2.29. The van der Waals surface area contributed by atoms with Crippen LogP contribution in [0.5, 0.6) is 0 Å². The first kappa shape index (κ1) is 13.0. The van der Waals surface area contributed by atoms with E-state index in [2.05, 4.69) is 0 Å². The highest BCUT2D eigenvalue weighted by Gasteiger charge is 2.48. The molecule has 1 aromatic carbocycles. The summed E-state index contributed by atoms with van der Waals surface area (Å²) in [5.74, 6) is -0.387. The van der Waals surface area contributed by atoms with Crippen LogP contribution in [-0.2, 0) is 4.79 Å². The number of halogens is 1. The summed E-state index contributed by atoms with van der Waals surface area (Å²) in [5, 5.41) is 0.397. The minimum absolute atomic E-state index is 0.0894. The van der Waals surface area contributed by atoms with Crippen molar-refractivity contribution in [1.82, 2.24) is 4.90 Å². The molecule has 1 aliphatic heterocycles. The van der Waals surface area contributed by atoms with Crippen molar-refractivity contribution in [3.05, 3.63) is 29.6 Å². The summed E-state index contributed by atoms with van der Waals surface area (Å²) in [6, 6.07) is 4.88. The molecule has 0 saturated carbocycles. The Labute approximate surface area is 111 Å². The number of thiocarbonyl (C=S) groups is 1. The Kier molecular flexibility index (Phi) is 2.89. The lowest BCUT2D eigenvalue weighted by atomic mass is 10.0. The van der Waals surface area contributed by atoms with Gasteiger partial charge in [-0.05, 0) is 50.7 Å². The van der Waals surface area contributed by atoms with Crippen molar-refractivity contribution in [2.75, 3.05) is 11.9 Å². The van der Waals surface area contributed by atoms with Crippen molar-refractivity contribution in [3.8, 4) is 0 Å². The van der Waals surface area contributed by atoms with E-state index < -0.39 is 5.54 Å². The zero-order valence-corrected chi connectivity index (χ0v) is 11.6. The van der Waals surface area contributed by atoms with Gasteiger partial charge in [-0.1, -0.05) is 6.07 Å². The van der Waals surface area contributed by atoms with Crippen molar-refractivity contribution in [3.63, 3.8) is 0 Å². The molecular weight excluding hydrogens is 251 g/mol. The summed E-state index contributed by atoms with van der Waals surface area (Å²) >= 11 is 5.26. The third-order valence-corrected chi connectivity index (χ3v) is 3.74. The maximum absolute atomic E-state index is 13.6. The van der Waals surface area contributed by atoms with Crippen LogP contribution in [0.2, 0.25) is 0 Å². The Balaban J connectivity index is 2.53. The number of carbonyl (C=O) groups is 1. The van der Waals surface area contributed by atoms with Crippen molar-refractivity contribution >= 4 is 28.9 Å². The molecule has 0 atom stereocenters. The lowest BCUT2D eigenvalue weighted by Crippen LogP contribution is -2.44. The van der Waals surface area contributed by atoms with Crippen LogP contribution in [0, 0.1) is 12.7 Å². The quantitative estimate of drug-likeness (QED) is 0.730. The number of nitrogens with zero attached hydrogens (tertiary/aromatic N) is 2. The van der Waals surface area contributed by atoms with Crippen molar-refractivity contribution in [2.45, 2.75) is 26.3 Å². The Morgan fingerprint density at radius 3 is 2.39 bits per heavy atom. The van der Waals surface area contributed by atoms with Crippen LogP contribution >= 0.6 is 12.2 Å². The number of hydrogen-bond acceptors (Lipinski definition) is 2. The maximum atomic E-state index is 13.6. The van der Waals surface area contributed by atoms with Gasteiger partial charge in [0.15, 0.2) is 5.11 Å². The second-order valence-corrected chi connectivity index (χ2v) is 5.34. The highest BCUT2D eigenvalue weighted by Crippen LogP contribution is 2.33. The van der Waals surface area contributed by atoms with Crippen molar-refractivity contribution in [2.24, 2.45) is 0 Å². The van der Waals surface area contributed by atoms with E-state index in [1.807, 2.05) is 0 Å². The molecule has 18 heavy (non-hydrogen) atoms. The number of anilines is 1. The molecule has 0 bridgehead atoms. The van der Waals surface area contributed by atoms with Gasteiger partial charge in [0.25, 0.3) is 5.91 Å². The van der Waals surface area contributed by atoms with Crippen LogP contribution in [0.25, 0.3) is 0 Å². The van der Waals surface area contributed by atoms with E-state index >= 15 is 0 Å². The van der Waals surface area contributed by atoms with E-state index in [1.165, 1.54) is 11.0 Å². The second kappa shape index (κ2) is 4.02. The molecule has 0 N–H and O–H groups in total. The number of amides is 1. The van der Waals surface area contributed by atoms with Gasteiger partial charge in [-0.3, -0.25) is 9.69 Å². The maximum Gasteiger partial charge on any atom is 0.254 e. The molecule has 1 fully saturated rings. The van der Waals surface area contributed by atoms with E-state index in [0.717, 1.165) is 0 Å². The number of likely N-dealkylation sites (N-methyl/N-ethyl adjacent to an activating group) is 1. The number of hydrogen-bond donors (Lipinski definition) is 0. The molecular formula is C13H15FN2OS. The molecule has 1 amide bonds. The lowest BCUT2D eigenvalue weighted by molar-refractivity contribution is -0.128. The zero-order valence-electron chi connectivity index (χ0n) is 10.8. The Morgan fingerprint density at radius 2 is 1.94 bits per heavy atom. The monoisotopic (exact) mass is 266 g/mol. The smallest absolute Gasteiger partial charge is 0.254 e. The van der Waals surface area contributed by atoms with Gasteiger partial charge in [-0.25, -0.2) is 4.39 Å². The highest BCUT2D eigenvalue weighted by molar-refractivity contribution is 7.80. The molecule has 1 aliphatic rings. The summed E-state index contributed by atoms with van der Waals surface area (Å²) in [4.78, 5) is 15.2. The first-order chi connectivity index (χ1) is 8.26. The third kappa shape index (κ3) is 1.70. The molecule has 0 radical (unpaired) electrons. The number of benzene rings is 1. The van der Waals surface area contributed by atoms with E-state index in [-0.39, 0.29) is 11.7 Å². The van der Waals surface area contributed by atoms with Gasteiger partial charge in [0.1, 0.15) is 11.4 Å². The summed E-state index contributed by atoms with van der Waals surface area (Å²) in [6.07, 6.45) is 0. The fourth-order valence-electron chi connectivity index (χ4n) is 2.14.